The standard InChI is InChI=1S/C22H20N2O5.C18H18F3N3O3/c1-27-21(26)18(13-25)17-11-7-6-10-16(17)14-29-20-12-19(23-22(24-20)28-2)15-8-4-3-5-9-15;1-11-22-15(18(19,20)21)8-16(23-11)27-10-12-6-4-5-7-13(12)14(9-25)17(26)24(2)3/h3-13,25H,14H2,1-2H3;4-9,25H,10H2,1-3H3. The van der Waals surface area contributed by atoms with Gasteiger partial charge in [0.15, 0.2) is 5.69 Å². The summed E-state index contributed by atoms with van der Waals surface area (Å²) < 4.78 is 59.8. The molecule has 0 aliphatic rings. The van der Waals surface area contributed by atoms with E-state index in [2.05, 4.69) is 19.9 Å². The fourth-order valence-corrected chi connectivity index (χ4v) is 5.03. The second-order valence-corrected chi connectivity index (χ2v) is 11.7. The van der Waals surface area contributed by atoms with Crippen LogP contribution in [0.4, 0.5) is 13.2 Å². The summed E-state index contributed by atoms with van der Waals surface area (Å²) in [6.07, 6.45) is -3.20. The summed E-state index contributed by atoms with van der Waals surface area (Å²) in [5.74, 6) is -1.07. The zero-order valence-electron chi connectivity index (χ0n) is 30.9. The number of esters is 1. The molecular weight excluding hydrogens is 735 g/mol. The summed E-state index contributed by atoms with van der Waals surface area (Å²) in [5.41, 5.74) is 2.62. The first-order valence-corrected chi connectivity index (χ1v) is 16.6. The van der Waals surface area contributed by atoms with Gasteiger partial charge in [-0.05, 0) is 29.2 Å². The Hall–Kier alpha value is -6.97. The second-order valence-electron chi connectivity index (χ2n) is 11.7. The van der Waals surface area contributed by atoms with Crippen molar-refractivity contribution in [1.82, 2.24) is 24.8 Å². The number of benzene rings is 3. The van der Waals surface area contributed by atoms with Crippen LogP contribution >= 0.6 is 0 Å². The molecule has 0 atom stereocenters. The van der Waals surface area contributed by atoms with E-state index in [0.717, 1.165) is 11.8 Å². The van der Waals surface area contributed by atoms with E-state index in [4.69, 9.17) is 18.9 Å². The Morgan fingerprint density at radius 1 is 0.732 bits per heavy atom. The molecule has 2 heterocycles. The van der Waals surface area contributed by atoms with E-state index in [1.165, 1.54) is 40.1 Å². The van der Waals surface area contributed by atoms with Crippen LogP contribution in [0.25, 0.3) is 22.4 Å². The third-order valence-electron chi connectivity index (χ3n) is 7.71. The number of halogens is 3. The molecule has 292 valence electrons. The summed E-state index contributed by atoms with van der Waals surface area (Å²) in [7, 11) is 5.81. The average Bonchev–Trinajstić information content (AvgIpc) is 3.20. The van der Waals surface area contributed by atoms with Crippen LogP contribution in [0.3, 0.4) is 0 Å². The number of carbonyl (C=O) groups excluding carboxylic acids is 2. The number of nitrogens with zero attached hydrogens (tertiary/aromatic N) is 5. The minimum absolute atomic E-state index is 0.0362. The number of aryl methyl sites for hydroxylation is 1. The Labute approximate surface area is 320 Å². The number of aliphatic hydroxyl groups is 2. The fraction of sp³-hybridized carbons (Fsp3) is 0.200. The molecule has 0 radical (unpaired) electrons. The van der Waals surface area contributed by atoms with Crippen molar-refractivity contribution >= 4 is 23.0 Å². The highest BCUT2D eigenvalue weighted by atomic mass is 19.4. The van der Waals surface area contributed by atoms with Crippen LogP contribution < -0.4 is 14.2 Å². The maximum Gasteiger partial charge on any atom is 0.433 e. The van der Waals surface area contributed by atoms with Crippen molar-refractivity contribution in [3.8, 4) is 29.0 Å². The number of aromatic nitrogens is 4. The van der Waals surface area contributed by atoms with Gasteiger partial charge in [0, 0.05) is 31.8 Å². The van der Waals surface area contributed by atoms with Gasteiger partial charge in [0.2, 0.25) is 11.8 Å². The van der Waals surface area contributed by atoms with Crippen molar-refractivity contribution in [2.75, 3.05) is 28.3 Å². The molecule has 56 heavy (non-hydrogen) atoms. The van der Waals surface area contributed by atoms with Gasteiger partial charge in [-0.15, -0.1) is 0 Å². The number of alkyl halides is 3. The van der Waals surface area contributed by atoms with E-state index in [0.29, 0.717) is 46.2 Å². The summed E-state index contributed by atoms with van der Waals surface area (Å²) in [6, 6.07) is 25.9. The molecule has 0 saturated carbocycles. The van der Waals surface area contributed by atoms with Crippen LogP contribution in [0, 0.1) is 6.92 Å². The van der Waals surface area contributed by atoms with Gasteiger partial charge >= 0.3 is 18.2 Å². The fourth-order valence-electron chi connectivity index (χ4n) is 5.03. The van der Waals surface area contributed by atoms with E-state index in [1.807, 2.05) is 36.4 Å². The number of ether oxygens (including phenoxy) is 4. The molecule has 0 fully saturated rings. The molecule has 16 heteroatoms. The summed E-state index contributed by atoms with van der Waals surface area (Å²) in [5, 5.41) is 19.0. The SMILES string of the molecule is COC(=O)C(=CO)c1ccccc1COc1cc(-c2ccccc2)nc(OC)n1.Cc1nc(OCc2ccccc2C(=CO)C(=O)N(C)C)cc(C(F)(F)F)n1. The topological polar surface area (TPSA) is 166 Å². The lowest BCUT2D eigenvalue weighted by Crippen LogP contribution is -2.23. The van der Waals surface area contributed by atoms with Crippen LogP contribution in [0.5, 0.6) is 17.8 Å². The Balaban J connectivity index is 0.000000249. The van der Waals surface area contributed by atoms with Gasteiger partial charge in [-0.3, -0.25) is 4.79 Å². The number of likely N-dealkylation sites (N-methyl/N-ethyl adjacent to an activating group) is 1. The highest BCUT2D eigenvalue weighted by Crippen LogP contribution is 2.30. The second kappa shape index (κ2) is 19.4. The molecule has 0 aliphatic heterocycles. The molecule has 1 amide bonds. The smallest absolute Gasteiger partial charge is 0.433 e. The van der Waals surface area contributed by atoms with Crippen molar-refractivity contribution in [2.45, 2.75) is 26.3 Å². The number of hydrogen-bond acceptors (Lipinski definition) is 12. The normalized spacial score (nSPS) is 11.5. The van der Waals surface area contributed by atoms with E-state index in [9.17, 15) is 33.0 Å². The molecule has 0 saturated heterocycles. The van der Waals surface area contributed by atoms with Gasteiger partial charge < -0.3 is 34.1 Å². The number of rotatable bonds is 12. The molecule has 0 bridgehead atoms. The van der Waals surface area contributed by atoms with Crippen LogP contribution in [0.15, 0.2) is 104 Å². The lowest BCUT2D eigenvalue weighted by atomic mass is 10.00. The first kappa shape index (κ1) is 41.8. The third kappa shape index (κ3) is 11.0. The maximum absolute atomic E-state index is 12.9. The minimum atomic E-state index is -4.62. The third-order valence-corrected chi connectivity index (χ3v) is 7.71. The maximum atomic E-state index is 12.9. The van der Waals surface area contributed by atoms with Crippen LogP contribution in [-0.4, -0.2) is 75.2 Å². The van der Waals surface area contributed by atoms with Crippen molar-refractivity contribution in [1.29, 1.82) is 0 Å². The molecule has 2 N–H and O–H groups in total. The van der Waals surface area contributed by atoms with Crippen LogP contribution in [0.1, 0.15) is 33.8 Å². The number of methoxy groups -OCH3 is 2. The van der Waals surface area contributed by atoms with Gasteiger partial charge in [-0.2, -0.15) is 28.1 Å². The summed E-state index contributed by atoms with van der Waals surface area (Å²) >= 11 is 0. The molecular formula is C40H38F3N5O8. The van der Waals surface area contributed by atoms with Crippen LogP contribution in [-0.2, 0) is 33.7 Å². The lowest BCUT2D eigenvalue weighted by molar-refractivity contribution is -0.141. The Morgan fingerprint density at radius 3 is 1.79 bits per heavy atom. The van der Waals surface area contributed by atoms with E-state index in [1.54, 1.807) is 48.5 Å². The lowest BCUT2D eigenvalue weighted by Gasteiger charge is -2.16. The minimum Gasteiger partial charge on any atom is -0.515 e. The summed E-state index contributed by atoms with van der Waals surface area (Å²) in [6.45, 7) is 1.29. The average molecular weight is 774 g/mol. The van der Waals surface area contributed by atoms with Gasteiger partial charge in [-0.25, -0.2) is 9.78 Å². The molecule has 2 aromatic heterocycles. The number of hydrogen-bond donors (Lipinski definition) is 2. The van der Waals surface area contributed by atoms with Gasteiger partial charge in [0.05, 0.1) is 38.0 Å². The molecule has 0 unspecified atom stereocenters. The Kier molecular flexibility index (Phi) is 14.5. The molecule has 3 aromatic carbocycles. The van der Waals surface area contributed by atoms with Gasteiger partial charge in [0.1, 0.15) is 24.6 Å². The highest BCUT2D eigenvalue weighted by molar-refractivity contribution is 6.19. The quantitative estimate of drug-likeness (QED) is 0.0747. The highest BCUT2D eigenvalue weighted by Gasteiger charge is 2.33. The zero-order chi connectivity index (χ0) is 40.8. The zero-order valence-corrected chi connectivity index (χ0v) is 30.9. The predicted octanol–water partition coefficient (Wildman–Crippen LogP) is 7.17. The molecule has 13 nitrogen and oxygen atoms in total. The van der Waals surface area contributed by atoms with Crippen molar-refractivity contribution in [3.05, 3.63) is 137 Å². The Morgan fingerprint density at radius 2 is 1.27 bits per heavy atom. The molecule has 0 spiro atoms. The van der Waals surface area contributed by atoms with Gasteiger partial charge in [0.25, 0.3) is 5.91 Å². The van der Waals surface area contributed by atoms with Crippen molar-refractivity contribution in [2.24, 2.45) is 0 Å². The molecule has 0 aliphatic carbocycles. The number of carbonyl (C=O) groups is 2. The molecule has 5 aromatic rings. The van der Waals surface area contributed by atoms with E-state index < -0.39 is 23.7 Å². The van der Waals surface area contributed by atoms with E-state index >= 15 is 0 Å². The largest absolute Gasteiger partial charge is 0.515 e. The first-order chi connectivity index (χ1) is 26.8. The van der Waals surface area contributed by atoms with Crippen molar-refractivity contribution < 1.29 is 51.9 Å². The van der Waals surface area contributed by atoms with E-state index in [-0.39, 0.29) is 42.1 Å². The molecule has 5 rings (SSSR count). The van der Waals surface area contributed by atoms with Crippen molar-refractivity contribution in [3.63, 3.8) is 0 Å². The monoisotopic (exact) mass is 773 g/mol. The predicted molar refractivity (Wildman–Crippen MR) is 199 cm³/mol. The van der Waals surface area contributed by atoms with Gasteiger partial charge in [-0.1, -0.05) is 78.9 Å². The Bertz CT molecular complexity index is 2200. The number of aliphatic hydroxyl groups excluding tert-OH is 2. The number of amides is 1. The summed E-state index contributed by atoms with van der Waals surface area (Å²) in [4.78, 5) is 41.2. The first-order valence-electron chi connectivity index (χ1n) is 16.6. The van der Waals surface area contributed by atoms with Crippen LogP contribution in [0.2, 0.25) is 0 Å².